The molecule has 7 heteroatoms. The summed E-state index contributed by atoms with van der Waals surface area (Å²) in [6, 6.07) is 5.01. The number of nitrogens with zero attached hydrogens (tertiary/aromatic N) is 1. The van der Waals surface area contributed by atoms with E-state index in [0.29, 0.717) is 36.4 Å². The monoisotopic (exact) mass is 377 g/mol. The molecule has 1 saturated carbocycles. The van der Waals surface area contributed by atoms with Crippen LogP contribution in [-0.2, 0) is 4.79 Å². The van der Waals surface area contributed by atoms with Gasteiger partial charge in [-0.3, -0.25) is 15.0 Å². The van der Waals surface area contributed by atoms with Crippen molar-refractivity contribution in [1.82, 2.24) is 10.2 Å². The van der Waals surface area contributed by atoms with Crippen molar-refractivity contribution in [3.8, 4) is 11.5 Å². The third kappa shape index (κ3) is 6.75. The van der Waals surface area contributed by atoms with Crippen molar-refractivity contribution in [2.75, 3.05) is 32.1 Å². The Balaban J connectivity index is 1.86. The third-order valence-corrected chi connectivity index (χ3v) is 4.65. The summed E-state index contributed by atoms with van der Waals surface area (Å²) in [5, 5.41) is 5.06. The molecule has 0 aromatic heterocycles. The molecule has 0 heterocycles. The third-order valence-electron chi connectivity index (χ3n) is 4.65. The first-order valence-electron chi connectivity index (χ1n) is 9.74. The number of carbonyl (C=O) groups excluding carboxylic acids is 2. The second-order valence-electron chi connectivity index (χ2n) is 6.74. The van der Waals surface area contributed by atoms with Crippen LogP contribution in [0.15, 0.2) is 18.2 Å². The van der Waals surface area contributed by atoms with Crippen LogP contribution in [0.2, 0.25) is 0 Å². The van der Waals surface area contributed by atoms with E-state index in [9.17, 15) is 9.59 Å². The van der Waals surface area contributed by atoms with E-state index in [2.05, 4.69) is 10.6 Å². The Hall–Kier alpha value is -2.28. The van der Waals surface area contributed by atoms with Crippen molar-refractivity contribution in [1.29, 1.82) is 0 Å². The van der Waals surface area contributed by atoms with Crippen molar-refractivity contribution in [3.63, 3.8) is 0 Å². The van der Waals surface area contributed by atoms with E-state index in [1.165, 1.54) is 19.3 Å². The minimum absolute atomic E-state index is 0.214. The second-order valence-corrected chi connectivity index (χ2v) is 6.74. The van der Waals surface area contributed by atoms with E-state index >= 15 is 0 Å². The number of ether oxygens (including phenoxy) is 2. The number of hydrogen-bond acceptors (Lipinski definition) is 5. The molecule has 1 aromatic rings. The lowest BCUT2D eigenvalue weighted by Gasteiger charge is -2.30. The van der Waals surface area contributed by atoms with Gasteiger partial charge < -0.3 is 14.8 Å². The van der Waals surface area contributed by atoms with Crippen LogP contribution in [0, 0.1) is 0 Å². The number of urea groups is 1. The Morgan fingerprint density at radius 1 is 1.07 bits per heavy atom. The summed E-state index contributed by atoms with van der Waals surface area (Å²) in [5.41, 5.74) is 0.535. The van der Waals surface area contributed by atoms with Crippen LogP contribution in [0.1, 0.15) is 46.0 Å². The molecule has 0 radical (unpaired) electrons. The van der Waals surface area contributed by atoms with Crippen molar-refractivity contribution in [3.05, 3.63) is 18.2 Å². The first-order valence-corrected chi connectivity index (χ1v) is 9.74. The standard InChI is InChI=1S/C20H31N3O4/c1-4-26-17-12-11-15(13-18(17)27-5-2)21-20(25)22-19(24)14-23(3)16-9-7-6-8-10-16/h11-13,16H,4-10,14H2,1-3H3,(H2,21,22,24,25). The quantitative estimate of drug-likeness (QED) is 0.726. The summed E-state index contributed by atoms with van der Waals surface area (Å²) < 4.78 is 11.0. The Bertz CT molecular complexity index is 630. The Morgan fingerprint density at radius 2 is 1.74 bits per heavy atom. The first kappa shape index (κ1) is 21.0. The molecular formula is C20H31N3O4. The van der Waals surface area contributed by atoms with Gasteiger partial charge in [0.2, 0.25) is 5.91 Å². The van der Waals surface area contributed by atoms with Gasteiger partial charge in [-0.05, 0) is 45.9 Å². The first-order chi connectivity index (χ1) is 13.0. The molecule has 7 nitrogen and oxygen atoms in total. The predicted molar refractivity (Wildman–Crippen MR) is 105 cm³/mol. The normalized spacial score (nSPS) is 14.7. The van der Waals surface area contributed by atoms with Gasteiger partial charge in [-0.15, -0.1) is 0 Å². The van der Waals surface area contributed by atoms with Gasteiger partial charge in [0, 0.05) is 17.8 Å². The van der Waals surface area contributed by atoms with Crippen LogP contribution >= 0.6 is 0 Å². The van der Waals surface area contributed by atoms with Gasteiger partial charge in [0.05, 0.1) is 19.8 Å². The number of benzene rings is 1. The van der Waals surface area contributed by atoms with Crippen molar-refractivity contribution < 1.29 is 19.1 Å². The molecule has 0 unspecified atom stereocenters. The Morgan fingerprint density at radius 3 is 2.41 bits per heavy atom. The fourth-order valence-corrected chi connectivity index (χ4v) is 3.33. The van der Waals surface area contributed by atoms with E-state index in [1.54, 1.807) is 18.2 Å². The molecule has 1 fully saturated rings. The summed E-state index contributed by atoms with van der Waals surface area (Å²) in [4.78, 5) is 26.3. The van der Waals surface area contributed by atoms with Gasteiger partial charge in [-0.25, -0.2) is 4.79 Å². The number of amides is 3. The van der Waals surface area contributed by atoms with Gasteiger partial charge >= 0.3 is 6.03 Å². The smallest absolute Gasteiger partial charge is 0.325 e. The molecule has 1 aromatic carbocycles. The average molecular weight is 377 g/mol. The minimum atomic E-state index is -0.552. The van der Waals surface area contributed by atoms with Crippen LogP contribution in [0.25, 0.3) is 0 Å². The van der Waals surface area contributed by atoms with Crippen molar-refractivity contribution in [2.45, 2.75) is 52.0 Å². The molecule has 150 valence electrons. The van der Waals surface area contributed by atoms with E-state index < -0.39 is 6.03 Å². The topological polar surface area (TPSA) is 79.9 Å². The number of nitrogens with one attached hydrogen (secondary N) is 2. The van der Waals surface area contributed by atoms with Crippen LogP contribution in [0.3, 0.4) is 0 Å². The number of anilines is 1. The highest BCUT2D eigenvalue weighted by molar-refractivity contribution is 6.01. The fourth-order valence-electron chi connectivity index (χ4n) is 3.33. The lowest BCUT2D eigenvalue weighted by atomic mass is 9.94. The van der Waals surface area contributed by atoms with Gasteiger partial charge in [0.1, 0.15) is 0 Å². The number of likely N-dealkylation sites (N-methyl/N-ethyl adjacent to an activating group) is 1. The van der Waals surface area contributed by atoms with Gasteiger partial charge in [-0.1, -0.05) is 19.3 Å². The molecule has 0 aliphatic heterocycles. The van der Waals surface area contributed by atoms with E-state index in [-0.39, 0.29) is 12.5 Å². The SMILES string of the molecule is CCOc1ccc(NC(=O)NC(=O)CN(C)C2CCCCC2)cc1OCC. The number of carbonyl (C=O) groups is 2. The molecule has 0 atom stereocenters. The summed E-state index contributed by atoms with van der Waals surface area (Å²) in [7, 11) is 1.94. The average Bonchev–Trinajstić information content (AvgIpc) is 2.64. The highest BCUT2D eigenvalue weighted by Crippen LogP contribution is 2.30. The van der Waals surface area contributed by atoms with E-state index in [4.69, 9.17) is 9.47 Å². The summed E-state index contributed by atoms with van der Waals surface area (Å²) in [6.07, 6.45) is 5.91. The molecule has 2 N–H and O–H groups in total. The Kier molecular flexibility index (Phi) is 8.39. The molecule has 1 aliphatic rings. The highest BCUT2D eigenvalue weighted by Gasteiger charge is 2.20. The maximum atomic E-state index is 12.1. The van der Waals surface area contributed by atoms with Crippen LogP contribution in [0.5, 0.6) is 11.5 Å². The lowest BCUT2D eigenvalue weighted by Crippen LogP contribution is -2.44. The largest absolute Gasteiger partial charge is 0.490 e. The van der Waals surface area contributed by atoms with E-state index in [0.717, 1.165) is 12.8 Å². The van der Waals surface area contributed by atoms with Gasteiger partial charge in [-0.2, -0.15) is 0 Å². The van der Waals surface area contributed by atoms with Crippen molar-refractivity contribution >= 4 is 17.6 Å². The highest BCUT2D eigenvalue weighted by atomic mass is 16.5. The van der Waals surface area contributed by atoms with Gasteiger partial charge in [0.15, 0.2) is 11.5 Å². The molecule has 0 saturated heterocycles. The molecular weight excluding hydrogens is 346 g/mol. The summed E-state index contributed by atoms with van der Waals surface area (Å²) in [6.45, 7) is 5.00. The maximum Gasteiger partial charge on any atom is 0.325 e. The minimum Gasteiger partial charge on any atom is -0.490 e. The molecule has 1 aliphatic carbocycles. The number of imide groups is 1. The van der Waals surface area contributed by atoms with Gasteiger partial charge in [0.25, 0.3) is 0 Å². The predicted octanol–water partition coefficient (Wildman–Crippen LogP) is 3.40. The lowest BCUT2D eigenvalue weighted by molar-refractivity contribution is -0.121. The number of rotatable bonds is 8. The fraction of sp³-hybridized carbons (Fsp3) is 0.600. The molecule has 0 bridgehead atoms. The summed E-state index contributed by atoms with van der Waals surface area (Å²) >= 11 is 0. The zero-order chi connectivity index (χ0) is 19.6. The summed E-state index contributed by atoms with van der Waals surface area (Å²) in [5.74, 6) is 0.868. The van der Waals surface area contributed by atoms with Crippen LogP contribution < -0.4 is 20.1 Å². The van der Waals surface area contributed by atoms with E-state index in [1.807, 2.05) is 25.8 Å². The Labute approximate surface area is 161 Å². The molecule has 3 amide bonds. The molecule has 2 rings (SSSR count). The second kappa shape index (κ2) is 10.8. The molecule has 27 heavy (non-hydrogen) atoms. The molecule has 0 spiro atoms. The van der Waals surface area contributed by atoms with Crippen molar-refractivity contribution in [2.24, 2.45) is 0 Å². The maximum absolute atomic E-state index is 12.1. The zero-order valence-corrected chi connectivity index (χ0v) is 16.5. The van der Waals surface area contributed by atoms with Crippen LogP contribution in [-0.4, -0.2) is 49.7 Å². The number of hydrogen-bond donors (Lipinski definition) is 2. The van der Waals surface area contributed by atoms with Crippen LogP contribution in [0.4, 0.5) is 10.5 Å². The zero-order valence-electron chi connectivity index (χ0n) is 16.5.